The molecule has 0 aromatic carbocycles. The summed E-state index contributed by atoms with van der Waals surface area (Å²) in [5.74, 6) is -1.58. The number of carbonyl (C=O) groups is 3. The average molecular weight is 324 g/mol. The first-order valence-corrected chi connectivity index (χ1v) is 6.01. The molecule has 0 aliphatic heterocycles. The van der Waals surface area contributed by atoms with Crippen LogP contribution in [0.5, 0.6) is 0 Å². The molecule has 0 bridgehead atoms. The highest BCUT2D eigenvalue weighted by Gasteiger charge is 2.29. The van der Waals surface area contributed by atoms with Crippen molar-refractivity contribution in [3.63, 3.8) is 0 Å². The lowest BCUT2D eigenvalue weighted by atomic mass is 10.0. The zero-order valence-corrected chi connectivity index (χ0v) is 11.6. The fourth-order valence-electron chi connectivity index (χ4n) is 0.979. The molecule has 0 aliphatic rings. The summed E-state index contributed by atoms with van der Waals surface area (Å²) in [5, 5.41) is 51.6. The average Bonchev–Trinajstić information content (AvgIpc) is 2.50. The monoisotopic (exact) mass is 324 g/mol. The zero-order valence-electron chi connectivity index (χ0n) is 11.6. The van der Waals surface area contributed by atoms with Gasteiger partial charge in [0.2, 0.25) is 0 Å². The topological polar surface area (TPSA) is 182 Å². The fourth-order valence-corrected chi connectivity index (χ4v) is 0.979. The van der Waals surface area contributed by atoms with Gasteiger partial charge in [-0.05, 0) is 0 Å². The third kappa shape index (κ3) is 10.9. The van der Waals surface area contributed by atoms with Gasteiger partial charge in [0.1, 0.15) is 24.4 Å². The number of aliphatic carboxylic acids is 1. The Labute approximate surface area is 125 Å². The van der Waals surface area contributed by atoms with Crippen molar-refractivity contribution in [3.05, 3.63) is 12.8 Å². The van der Waals surface area contributed by atoms with Gasteiger partial charge < -0.3 is 40.2 Å². The van der Waals surface area contributed by atoms with E-state index in [1.165, 1.54) is 0 Å². The van der Waals surface area contributed by atoms with Crippen LogP contribution in [0.2, 0.25) is 0 Å². The predicted octanol–water partition coefficient (Wildman–Crippen LogP) is -2.84. The van der Waals surface area contributed by atoms with Crippen molar-refractivity contribution in [2.24, 2.45) is 0 Å². The molecule has 10 nitrogen and oxygen atoms in total. The lowest BCUT2D eigenvalue weighted by Gasteiger charge is -2.22. The molecule has 10 heteroatoms. The molecule has 0 spiro atoms. The van der Waals surface area contributed by atoms with E-state index in [4.69, 9.17) is 30.6 Å². The van der Waals surface area contributed by atoms with Crippen molar-refractivity contribution in [3.8, 4) is 0 Å². The number of aliphatic hydroxyl groups is 5. The standard InChI is InChI=1S/C6H12O6.C6H8O4/c7-1-3(9)5(11)6(12)4(10)2-8;1-2-10-6(9)4-3-5(7)8/h1,3-6,8-12H,2H2;2H,1,3-4H2,(H,7,8). The quantitative estimate of drug-likeness (QED) is 0.147. The summed E-state index contributed by atoms with van der Waals surface area (Å²) in [6.07, 6.45) is -6.17. The maximum Gasteiger partial charge on any atom is 0.311 e. The Morgan fingerprint density at radius 2 is 1.64 bits per heavy atom. The Hall–Kier alpha value is -1.85. The summed E-state index contributed by atoms with van der Waals surface area (Å²) >= 11 is 0. The number of aliphatic hydroxyl groups excluding tert-OH is 5. The van der Waals surface area contributed by atoms with Crippen molar-refractivity contribution in [2.75, 3.05) is 6.61 Å². The van der Waals surface area contributed by atoms with E-state index in [1.807, 2.05) is 0 Å². The van der Waals surface area contributed by atoms with Crippen LogP contribution in [0.3, 0.4) is 0 Å². The first kappa shape index (κ1) is 22.4. The Kier molecular flexibility index (Phi) is 13.1. The molecule has 0 aromatic rings. The molecule has 0 saturated carbocycles. The zero-order chi connectivity index (χ0) is 17.7. The first-order valence-electron chi connectivity index (χ1n) is 6.01. The van der Waals surface area contributed by atoms with Crippen molar-refractivity contribution >= 4 is 18.2 Å². The van der Waals surface area contributed by atoms with Crippen LogP contribution in [0, 0.1) is 0 Å². The number of hydrogen-bond donors (Lipinski definition) is 6. The normalized spacial score (nSPS) is 15.3. The van der Waals surface area contributed by atoms with Crippen molar-refractivity contribution < 1.29 is 49.8 Å². The summed E-state index contributed by atoms with van der Waals surface area (Å²) in [4.78, 5) is 30.2. The number of aldehydes is 1. The van der Waals surface area contributed by atoms with Crippen LogP contribution in [0.25, 0.3) is 0 Å². The van der Waals surface area contributed by atoms with Gasteiger partial charge in [0, 0.05) is 0 Å². The number of rotatable bonds is 9. The largest absolute Gasteiger partial charge is 0.481 e. The van der Waals surface area contributed by atoms with Gasteiger partial charge in [-0.25, -0.2) is 0 Å². The molecule has 4 atom stereocenters. The number of ether oxygens (including phenoxy) is 1. The van der Waals surface area contributed by atoms with E-state index in [9.17, 15) is 14.4 Å². The maximum atomic E-state index is 10.4. The second kappa shape index (κ2) is 12.9. The summed E-state index contributed by atoms with van der Waals surface area (Å²) in [5.41, 5.74) is 0. The molecule has 0 aromatic heterocycles. The molecule has 22 heavy (non-hydrogen) atoms. The third-order valence-electron chi connectivity index (χ3n) is 2.18. The SMILES string of the molecule is C=COC(=O)CCC(=O)O.O=CC(O)C(O)C(O)C(O)CO. The minimum Gasteiger partial charge on any atom is -0.481 e. The smallest absolute Gasteiger partial charge is 0.311 e. The predicted molar refractivity (Wildman–Crippen MR) is 70.3 cm³/mol. The van der Waals surface area contributed by atoms with E-state index in [-0.39, 0.29) is 19.1 Å². The molecule has 0 heterocycles. The molecular weight excluding hydrogens is 304 g/mol. The molecule has 0 rings (SSSR count). The second-order valence-corrected chi connectivity index (χ2v) is 3.91. The van der Waals surface area contributed by atoms with Gasteiger partial charge in [0.15, 0.2) is 6.29 Å². The lowest BCUT2D eigenvalue weighted by Crippen LogP contribution is -2.46. The molecule has 0 amide bonds. The first-order chi connectivity index (χ1) is 10.2. The molecular formula is C12H20O10. The van der Waals surface area contributed by atoms with Gasteiger partial charge in [-0.2, -0.15) is 0 Å². The molecule has 0 fully saturated rings. The van der Waals surface area contributed by atoms with Crippen LogP contribution in [0.4, 0.5) is 0 Å². The van der Waals surface area contributed by atoms with E-state index < -0.39 is 43.0 Å². The van der Waals surface area contributed by atoms with E-state index >= 15 is 0 Å². The minimum atomic E-state index is -1.79. The van der Waals surface area contributed by atoms with Crippen molar-refractivity contribution in [1.29, 1.82) is 0 Å². The molecule has 0 radical (unpaired) electrons. The molecule has 4 unspecified atom stereocenters. The Morgan fingerprint density at radius 3 is 2.00 bits per heavy atom. The van der Waals surface area contributed by atoms with Crippen LogP contribution in [0.15, 0.2) is 12.8 Å². The number of carbonyl (C=O) groups excluding carboxylic acids is 2. The summed E-state index contributed by atoms with van der Waals surface area (Å²) in [6, 6.07) is 0. The van der Waals surface area contributed by atoms with Gasteiger partial charge in [0.05, 0.1) is 25.7 Å². The Bertz CT molecular complexity index is 356. The van der Waals surface area contributed by atoms with Crippen molar-refractivity contribution in [2.45, 2.75) is 37.3 Å². The highest BCUT2D eigenvalue weighted by atomic mass is 16.5. The second-order valence-electron chi connectivity index (χ2n) is 3.91. The van der Waals surface area contributed by atoms with Gasteiger partial charge in [-0.3, -0.25) is 9.59 Å². The van der Waals surface area contributed by atoms with E-state index in [2.05, 4.69) is 11.3 Å². The number of hydrogen-bond acceptors (Lipinski definition) is 9. The highest BCUT2D eigenvalue weighted by Crippen LogP contribution is 2.02. The van der Waals surface area contributed by atoms with Gasteiger partial charge in [0.25, 0.3) is 0 Å². The Morgan fingerprint density at radius 1 is 1.09 bits per heavy atom. The maximum absolute atomic E-state index is 10.4. The number of carboxylic acid groups (broad SMARTS) is 1. The van der Waals surface area contributed by atoms with E-state index in [0.717, 1.165) is 6.26 Å². The number of carboxylic acids is 1. The van der Waals surface area contributed by atoms with Crippen LogP contribution < -0.4 is 0 Å². The lowest BCUT2D eigenvalue weighted by molar-refractivity contribution is -0.144. The summed E-state index contributed by atoms with van der Waals surface area (Å²) < 4.78 is 4.25. The summed E-state index contributed by atoms with van der Waals surface area (Å²) in [7, 11) is 0. The molecule has 0 aliphatic carbocycles. The van der Waals surface area contributed by atoms with Gasteiger partial charge >= 0.3 is 11.9 Å². The highest BCUT2D eigenvalue weighted by molar-refractivity contribution is 5.76. The Balaban J connectivity index is 0. The third-order valence-corrected chi connectivity index (χ3v) is 2.18. The van der Waals surface area contributed by atoms with Crippen LogP contribution in [0.1, 0.15) is 12.8 Å². The number of esters is 1. The van der Waals surface area contributed by atoms with Crippen LogP contribution in [-0.4, -0.2) is 79.9 Å². The minimum absolute atomic E-state index is 0.0258. The van der Waals surface area contributed by atoms with Crippen molar-refractivity contribution in [1.82, 2.24) is 0 Å². The molecule has 0 saturated heterocycles. The van der Waals surface area contributed by atoms with Crippen LogP contribution >= 0.6 is 0 Å². The van der Waals surface area contributed by atoms with E-state index in [1.54, 1.807) is 0 Å². The van der Waals surface area contributed by atoms with Gasteiger partial charge in [-0.15, -0.1) is 0 Å². The summed E-state index contributed by atoms with van der Waals surface area (Å²) in [6.45, 7) is 2.38. The van der Waals surface area contributed by atoms with Crippen LogP contribution in [-0.2, 0) is 19.1 Å². The fraction of sp³-hybridized carbons (Fsp3) is 0.583. The molecule has 6 N–H and O–H groups in total. The molecule has 128 valence electrons. The van der Waals surface area contributed by atoms with Gasteiger partial charge in [-0.1, -0.05) is 6.58 Å². The van der Waals surface area contributed by atoms with E-state index in [0.29, 0.717) is 0 Å².